The number of hydrogen-bond donors (Lipinski definition) is 2. The number of nitrogen functional groups attached to an aromatic ring is 1. The molecule has 0 atom stereocenters. The van der Waals surface area contributed by atoms with Gasteiger partial charge < -0.3 is 20.5 Å². The van der Waals surface area contributed by atoms with Crippen molar-refractivity contribution in [2.24, 2.45) is 0 Å². The van der Waals surface area contributed by atoms with E-state index in [0.717, 1.165) is 5.56 Å². The number of hydrogen-bond acceptors (Lipinski definition) is 6. The van der Waals surface area contributed by atoms with E-state index in [1.54, 1.807) is 12.1 Å². The highest BCUT2D eigenvalue weighted by Gasteiger charge is 2.19. The molecule has 2 aromatic carbocycles. The lowest BCUT2D eigenvalue weighted by Gasteiger charge is -2.11. The van der Waals surface area contributed by atoms with E-state index in [9.17, 15) is 14.9 Å². The molecule has 144 valence electrons. The summed E-state index contributed by atoms with van der Waals surface area (Å²) in [5.41, 5.74) is 7.83. The van der Waals surface area contributed by atoms with Crippen LogP contribution in [0.15, 0.2) is 36.4 Å². The summed E-state index contributed by atoms with van der Waals surface area (Å²) in [5, 5.41) is 14.1. The summed E-state index contributed by atoms with van der Waals surface area (Å²) in [6.45, 7) is 0.277. The zero-order chi connectivity index (χ0) is 19.8. The van der Waals surface area contributed by atoms with Crippen molar-refractivity contribution in [2.45, 2.75) is 19.3 Å². The molecule has 0 spiro atoms. The zero-order valence-corrected chi connectivity index (χ0v) is 15.4. The number of carbonyl (C=O) groups excluding carboxylic acids is 1. The third kappa shape index (κ3) is 5.34. The maximum atomic E-state index is 12.0. The molecule has 0 heterocycles. The topological polar surface area (TPSA) is 117 Å². The zero-order valence-electron chi connectivity index (χ0n) is 15.4. The summed E-state index contributed by atoms with van der Waals surface area (Å²) in [7, 11) is 2.88. The molecule has 0 bridgehead atoms. The largest absolute Gasteiger partial charge is 0.493 e. The normalized spacial score (nSPS) is 10.3. The monoisotopic (exact) mass is 373 g/mol. The number of nitro benzene ring substituents is 1. The number of benzene rings is 2. The molecule has 0 radical (unpaired) electrons. The Morgan fingerprint density at radius 3 is 2.41 bits per heavy atom. The summed E-state index contributed by atoms with van der Waals surface area (Å²) >= 11 is 0. The van der Waals surface area contributed by atoms with E-state index < -0.39 is 4.92 Å². The van der Waals surface area contributed by atoms with Crippen molar-refractivity contribution in [3.8, 4) is 11.5 Å². The van der Waals surface area contributed by atoms with Crippen molar-refractivity contribution in [1.82, 2.24) is 5.32 Å². The van der Waals surface area contributed by atoms with Crippen LogP contribution in [-0.4, -0.2) is 31.6 Å². The molecule has 0 unspecified atom stereocenters. The van der Waals surface area contributed by atoms with Gasteiger partial charge in [-0.25, -0.2) is 0 Å². The smallest absolute Gasteiger partial charge is 0.276 e. The molecule has 0 saturated carbocycles. The van der Waals surface area contributed by atoms with Crippen LogP contribution in [0.1, 0.15) is 17.5 Å². The number of ether oxygens (including phenoxy) is 2. The number of methoxy groups -OCH3 is 2. The summed E-state index contributed by atoms with van der Waals surface area (Å²) in [4.78, 5) is 22.8. The van der Waals surface area contributed by atoms with Crippen LogP contribution in [0, 0.1) is 10.1 Å². The minimum atomic E-state index is -0.475. The summed E-state index contributed by atoms with van der Waals surface area (Å²) in [6, 6.07) is 10.3. The van der Waals surface area contributed by atoms with Crippen LogP contribution in [0.5, 0.6) is 11.5 Å². The summed E-state index contributed by atoms with van der Waals surface area (Å²) < 4.78 is 10.3. The van der Waals surface area contributed by atoms with Gasteiger partial charge in [0.25, 0.3) is 5.69 Å². The Morgan fingerprint density at radius 1 is 1.11 bits per heavy atom. The van der Waals surface area contributed by atoms with Gasteiger partial charge in [0, 0.05) is 24.2 Å². The van der Waals surface area contributed by atoms with Crippen LogP contribution >= 0.6 is 0 Å². The predicted molar refractivity (Wildman–Crippen MR) is 102 cm³/mol. The Labute approximate surface area is 157 Å². The van der Waals surface area contributed by atoms with Gasteiger partial charge in [0.15, 0.2) is 11.5 Å². The molecule has 27 heavy (non-hydrogen) atoms. The van der Waals surface area contributed by atoms with Crippen LogP contribution in [-0.2, 0) is 17.6 Å². The first-order valence-electron chi connectivity index (χ1n) is 8.45. The van der Waals surface area contributed by atoms with E-state index in [-0.39, 0.29) is 23.9 Å². The highest BCUT2D eigenvalue weighted by atomic mass is 16.6. The fourth-order valence-electron chi connectivity index (χ4n) is 2.72. The molecule has 1 amide bonds. The molecule has 8 heteroatoms. The van der Waals surface area contributed by atoms with E-state index in [4.69, 9.17) is 15.2 Å². The number of nitrogens with zero attached hydrogens (tertiary/aromatic N) is 1. The van der Waals surface area contributed by atoms with E-state index in [0.29, 0.717) is 36.3 Å². The van der Waals surface area contributed by atoms with Crippen LogP contribution in [0.2, 0.25) is 0 Å². The Balaban J connectivity index is 1.95. The van der Waals surface area contributed by atoms with Gasteiger partial charge in [-0.3, -0.25) is 14.9 Å². The minimum absolute atomic E-state index is 0.0704. The third-order valence-corrected chi connectivity index (χ3v) is 4.17. The Bertz CT molecular complexity index is 823. The summed E-state index contributed by atoms with van der Waals surface area (Å²) in [6.07, 6.45) is 1.13. The second-order valence-electron chi connectivity index (χ2n) is 5.89. The number of carbonyl (C=O) groups is 1. The Kier molecular flexibility index (Phi) is 6.99. The number of amides is 1. The molecule has 2 rings (SSSR count). The van der Waals surface area contributed by atoms with E-state index in [1.807, 2.05) is 18.2 Å². The first kappa shape index (κ1) is 20.0. The minimum Gasteiger partial charge on any atom is -0.493 e. The summed E-state index contributed by atoms with van der Waals surface area (Å²) in [5.74, 6) is 0.558. The molecule has 2 aromatic rings. The average molecular weight is 373 g/mol. The number of nitrogens with two attached hydrogens (primary N) is 1. The van der Waals surface area contributed by atoms with Crippen molar-refractivity contribution < 1.29 is 19.2 Å². The van der Waals surface area contributed by atoms with Gasteiger partial charge >= 0.3 is 0 Å². The molecule has 0 aromatic heterocycles. The van der Waals surface area contributed by atoms with Gasteiger partial charge in [0.2, 0.25) is 5.91 Å². The van der Waals surface area contributed by atoms with Gasteiger partial charge in [-0.05, 0) is 30.5 Å². The molecule has 8 nitrogen and oxygen atoms in total. The number of anilines is 1. The highest BCUT2D eigenvalue weighted by molar-refractivity contribution is 5.76. The number of nitro groups is 1. The lowest BCUT2D eigenvalue weighted by Crippen LogP contribution is -2.26. The fraction of sp³-hybridized carbons (Fsp3) is 0.316. The van der Waals surface area contributed by atoms with Crippen LogP contribution in [0.25, 0.3) is 0 Å². The van der Waals surface area contributed by atoms with Crippen LogP contribution in [0.3, 0.4) is 0 Å². The Hall–Kier alpha value is -3.29. The van der Waals surface area contributed by atoms with E-state index in [1.165, 1.54) is 20.3 Å². The lowest BCUT2D eigenvalue weighted by atomic mass is 10.1. The second-order valence-corrected chi connectivity index (χ2v) is 5.89. The maximum absolute atomic E-state index is 12.0. The first-order valence-corrected chi connectivity index (χ1v) is 8.45. The average Bonchev–Trinajstić information content (AvgIpc) is 2.66. The SMILES string of the molecule is COc1cc(CCNC(=O)CCc2ccccc2N)c([N+](=O)[O-])cc1OC. The maximum Gasteiger partial charge on any atom is 0.276 e. The Morgan fingerprint density at radius 2 is 1.78 bits per heavy atom. The molecular formula is C19H23N3O5. The lowest BCUT2D eigenvalue weighted by molar-refractivity contribution is -0.385. The second kappa shape index (κ2) is 9.42. The first-order chi connectivity index (χ1) is 13.0. The molecule has 0 aliphatic heterocycles. The van der Waals surface area contributed by atoms with E-state index in [2.05, 4.69) is 5.32 Å². The van der Waals surface area contributed by atoms with Crippen molar-refractivity contribution in [2.75, 3.05) is 26.5 Å². The number of aryl methyl sites for hydroxylation is 1. The molecule has 0 saturated heterocycles. The number of rotatable bonds is 9. The molecular weight excluding hydrogens is 350 g/mol. The number of nitrogens with one attached hydrogen (secondary N) is 1. The van der Waals surface area contributed by atoms with Crippen molar-refractivity contribution >= 4 is 17.3 Å². The van der Waals surface area contributed by atoms with Crippen molar-refractivity contribution in [3.63, 3.8) is 0 Å². The molecule has 3 N–H and O–H groups in total. The standard InChI is InChI=1S/C19H23N3O5/c1-26-17-11-14(16(22(24)25)12-18(17)27-2)9-10-21-19(23)8-7-13-5-3-4-6-15(13)20/h3-6,11-12H,7-10,20H2,1-2H3,(H,21,23). The highest BCUT2D eigenvalue weighted by Crippen LogP contribution is 2.34. The van der Waals surface area contributed by atoms with E-state index >= 15 is 0 Å². The van der Waals surface area contributed by atoms with Gasteiger partial charge in [0.05, 0.1) is 25.2 Å². The third-order valence-electron chi connectivity index (χ3n) is 4.17. The predicted octanol–water partition coefficient (Wildman–Crippen LogP) is 2.49. The molecule has 0 fully saturated rings. The molecule has 0 aliphatic rings. The fourth-order valence-corrected chi connectivity index (χ4v) is 2.72. The van der Waals surface area contributed by atoms with Gasteiger partial charge in [-0.15, -0.1) is 0 Å². The van der Waals surface area contributed by atoms with Gasteiger partial charge in [-0.1, -0.05) is 18.2 Å². The van der Waals surface area contributed by atoms with Gasteiger partial charge in [-0.2, -0.15) is 0 Å². The van der Waals surface area contributed by atoms with Crippen molar-refractivity contribution in [1.29, 1.82) is 0 Å². The van der Waals surface area contributed by atoms with Crippen LogP contribution < -0.4 is 20.5 Å². The quantitative estimate of drug-likeness (QED) is 0.396. The van der Waals surface area contributed by atoms with Crippen LogP contribution in [0.4, 0.5) is 11.4 Å². The van der Waals surface area contributed by atoms with Gasteiger partial charge in [0.1, 0.15) is 0 Å². The number of para-hydroxylation sites is 1. The molecule has 0 aliphatic carbocycles. The van der Waals surface area contributed by atoms with Crippen molar-refractivity contribution in [3.05, 3.63) is 57.6 Å².